The lowest BCUT2D eigenvalue weighted by atomic mass is 9.86. The van der Waals surface area contributed by atoms with Crippen molar-refractivity contribution in [1.82, 2.24) is 5.32 Å². The summed E-state index contributed by atoms with van der Waals surface area (Å²) in [5.74, 6) is -0.633. The summed E-state index contributed by atoms with van der Waals surface area (Å²) in [6.45, 7) is 7.26. The highest BCUT2D eigenvalue weighted by atomic mass is 16.5. The van der Waals surface area contributed by atoms with Gasteiger partial charge in [-0.15, -0.1) is 0 Å². The van der Waals surface area contributed by atoms with E-state index in [2.05, 4.69) is 5.32 Å². The molecule has 1 rings (SSSR count). The van der Waals surface area contributed by atoms with Gasteiger partial charge in [-0.25, -0.2) is 4.79 Å². The summed E-state index contributed by atoms with van der Waals surface area (Å²) in [6, 6.07) is 4.59. The summed E-state index contributed by atoms with van der Waals surface area (Å²) in [6.07, 6.45) is 0.122. The van der Waals surface area contributed by atoms with E-state index in [0.717, 1.165) is 11.1 Å². The second kappa shape index (κ2) is 6.61. The summed E-state index contributed by atoms with van der Waals surface area (Å²) >= 11 is 0. The fourth-order valence-corrected chi connectivity index (χ4v) is 2.02. The van der Waals surface area contributed by atoms with E-state index in [0.29, 0.717) is 5.75 Å². The first-order valence-electron chi connectivity index (χ1n) is 6.81. The maximum atomic E-state index is 12.0. The molecule has 0 saturated carbocycles. The third-order valence-electron chi connectivity index (χ3n) is 3.26. The molecule has 116 valence electrons. The van der Waals surface area contributed by atoms with Crippen molar-refractivity contribution in [3.63, 3.8) is 0 Å². The van der Waals surface area contributed by atoms with Gasteiger partial charge in [0.05, 0.1) is 13.5 Å². The van der Waals surface area contributed by atoms with Crippen LogP contribution in [0.5, 0.6) is 5.75 Å². The average Bonchev–Trinajstić information content (AvgIpc) is 2.36. The zero-order valence-electron chi connectivity index (χ0n) is 13.2. The predicted molar refractivity (Wildman–Crippen MR) is 80.5 cm³/mol. The number of carboxylic acids is 1. The Labute approximate surface area is 125 Å². The van der Waals surface area contributed by atoms with Crippen molar-refractivity contribution in [3.05, 3.63) is 29.3 Å². The molecule has 1 unspecified atom stereocenters. The van der Waals surface area contributed by atoms with E-state index in [1.165, 1.54) is 0 Å². The molecule has 1 atom stereocenters. The molecular weight excluding hydrogens is 270 g/mol. The standard InChI is InChI=1S/C16H23NO4/c1-10-6-7-11(8-12(10)21-5)9-13(18)17-14(15(19)20)16(2,3)4/h6-8,14H,9H2,1-5H3,(H,17,18)(H,19,20). The minimum atomic E-state index is -1.03. The van der Waals surface area contributed by atoms with Gasteiger partial charge in [0.1, 0.15) is 11.8 Å². The zero-order chi connectivity index (χ0) is 16.2. The molecule has 0 aliphatic rings. The number of rotatable bonds is 5. The molecule has 1 amide bonds. The van der Waals surface area contributed by atoms with Gasteiger partial charge >= 0.3 is 5.97 Å². The van der Waals surface area contributed by atoms with E-state index in [1.807, 2.05) is 19.1 Å². The summed E-state index contributed by atoms with van der Waals surface area (Å²) in [4.78, 5) is 23.3. The smallest absolute Gasteiger partial charge is 0.326 e. The highest BCUT2D eigenvalue weighted by Gasteiger charge is 2.32. The molecule has 1 aromatic rings. The Morgan fingerprint density at radius 3 is 2.43 bits per heavy atom. The Balaban J connectivity index is 2.79. The van der Waals surface area contributed by atoms with Gasteiger partial charge in [-0.3, -0.25) is 4.79 Å². The lowest BCUT2D eigenvalue weighted by molar-refractivity contribution is -0.144. The molecule has 0 spiro atoms. The van der Waals surface area contributed by atoms with Crippen LogP contribution in [0, 0.1) is 12.3 Å². The molecule has 0 radical (unpaired) electrons. The van der Waals surface area contributed by atoms with Gasteiger partial charge in [-0.05, 0) is 29.5 Å². The lowest BCUT2D eigenvalue weighted by Gasteiger charge is -2.27. The fraction of sp³-hybridized carbons (Fsp3) is 0.500. The molecular formula is C16H23NO4. The van der Waals surface area contributed by atoms with Crippen molar-refractivity contribution in [1.29, 1.82) is 0 Å². The van der Waals surface area contributed by atoms with Crippen LogP contribution in [-0.2, 0) is 16.0 Å². The summed E-state index contributed by atoms with van der Waals surface area (Å²) in [7, 11) is 1.58. The third-order valence-corrected chi connectivity index (χ3v) is 3.26. The number of carbonyl (C=O) groups is 2. The highest BCUT2D eigenvalue weighted by Crippen LogP contribution is 2.21. The number of amides is 1. The second-order valence-corrected chi connectivity index (χ2v) is 6.19. The SMILES string of the molecule is COc1cc(CC(=O)NC(C(=O)O)C(C)(C)C)ccc1C. The van der Waals surface area contributed by atoms with Crippen LogP contribution >= 0.6 is 0 Å². The van der Waals surface area contributed by atoms with E-state index in [1.54, 1.807) is 33.9 Å². The minimum Gasteiger partial charge on any atom is -0.496 e. The Morgan fingerprint density at radius 1 is 1.33 bits per heavy atom. The van der Waals surface area contributed by atoms with Gasteiger partial charge in [0, 0.05) is 0 Å². The molecule has 0 fully saturated rings. The number of hydrogen-bond acceptors (Lipinski definition) is 3. The summed E-state index contributed by atoms with van der Waals surface area (Å²) < 4.78 is 5.21. The Hall–Kier alpha value is -2.04. The maximum Gasteiger partial charge on any atom is 0.326 e. The van der Waals surface area contributed by atoms with Crippen LogP contribution in [-0.4, -0.2) is 30.1 Å². The van der Waals surface area contributed by atoms with Crippen LogP contribution < -0.4 is 10.1 Å². The molecule has 21 heavy (non-hydrogen) atoms. The van der Waals surface area contributed by atoms with Gasteiger partial charge in [-0.2, -0.15) is 0 Å². The van der Waals surface area contributed by atoms with Crippen molar-refractivity contribution in [2.45, 2.75) is 40.2 Å². The van der Waals surface area contributed by atoms with Gasteiger partial charge in [0.25, 0.3) is 0 Å². The normalized spacial score (nSPS) is 12.6. The minimum absolute atomic E-state index is 0.122. The Bertz CT molecular complexity index is 532. The number of nitrogens with one attached hydrogen (secondary N) is 1. The van der Waals surface area contributed by atoms with Crippen molar-refractivity contribution in [2.75, 3.05) is 7.11 Å². The van der Waals surface area contributed by atoms with Crippen molar-refractivity contribution >= 4 is 11.9 Å². The van der Waals surface area contributed by atoms with Crippen LogP contribution in [0.2, 0.25) is 0 Å². The van der Waals surface area contributed by atoms with Crippen molar-refractivity contribution in [2.24, 2.45) is 5.41 Å². The summed E-state index contributed by atoms with van der Waals surface area (Å²) in [5.41, 5.74) is 1.22. The van der Waals surface area contributed by atoms with E-state index in [9.17, 15) is 14.7 Å². The summed E-state index contributed by atoms with van der Waals surface area (Å²) in [5, 5.41) is 11.8. The molecule has 0 aliphatic heterocycles. The number of aliphatic carboxylic acids is 1. The lowest BCUT2D eigenvalue weighted by Crippen LogP contribution is -2.49. The van der Waals surface area contributed by atoms with E-state index < -0.39 is 17.4 Å². The molecule has 0 saturated heterocycles. The third kappa shape index (κ3) is 4.77. The highest BCUT2D eigenvalue weighted by molar-refractivity contribution is 5.85. The van der Waals surface area contributed by atoms with Gasteiger partial charge in [0.15, 0.2) is 0 Å². The number of benzene rings is 1. The van der Waals surface area contributed by atoms with Crippen LogP contribution in [0.15, 0.2) is 18.2 Å². The molecule has 2 N–H and O–H groups in total. The number of methoxy groups -OCH3 is 1. The molecule has 0 aliphatic carbocycles. The molecule has 0 heterocycles. The van der Waals surface area contributed by atoms with E-state index in [4.69, 9.17) is 4.74 Å². The molecule has 5 heteroatoms. The number of aryl methyl sites for hydroxylation is 1. The van der Waals surface area contributed by atoms with Gasteiger partial charge < -0.3 is 15.2 Å². The van der Waals surface area contributed by atoms with Crippen LogP contribution in [0.1, 0.15) is 31.9 Å². The number of hydrogen-bond donors (Lipinski definition) is 2. The van der Waals surface area contributed by atoms with Crippen LogP contribution in [0.25, 0.3) is 0 Å². The van der Waals surface area contributed by atoms with Crippen molar-refractivity contribution in [3.8, 4) is 5.75 Å². The Kier molecular flexibility index (Phi) is 5.35. The second-order valence-electron chi connectivity index (χ2n) is 6.19. The van der Waals surface area contributed by atoms with Crippen LogP contribution in [0.3, 0.4) is 0 Å². The van der Waals surface area contributed by atoms with Gasteiger partial charge in [-0.1, -0.05) is 32.9 Å². The quantitative estimate of drug-likeness (QED) is 0.872. The molecule has 0 aromatic heterocycles. The monoisotopic (exact) mass is 293 g/mol. The predicted octanol–water partition coefficient (Wildman–Crippen LogP) is 2.16. The van der Waals surface area contributed by atoms with E-state index in [-0.39, 0.29) is 12.3 Å². The van der Waals surface area contributed by atoms with Gasteiger partial charge in [0.2, 0.25) is 5.91 Å². The molecule has 5 nitrogen and oxygen atoms in total. The number of ether oxygens (including phenoxy) is 1. The first-order valence-corrected chi connectivity index (χ1v) is 6.81. The number of carbonyl (C=O) groups excluding carboxylic acids is 1. The fourth-order valence-electron chi connectivity index (χ4n) is 2.02. The largest absolute Gasteiger partial charge is 0.496 e. The first-order chi connectivity index (χ1) is 9.65. The van der Waals surface area contributed by atoms with E-state index >= 15 is 0 Å². The first kappa shape index (κ1) is 17.0. The number of carboxylic acid groups (broad SMARTS) is 1. The average molecular weight is 293 g/mol. The maximum absolute atomic E-state index is 12.0. The molecule has 0 bridgehead atoms. The zero-order valence-corrected chi connectivity index (χ0v) is 13.2. The molecule has 1 aromatic carbocycles. The Morgan fingerprint density at radius 2 is 1.95 bits per heavy atom. The van der Waals surface area contributed by atoms with Crippen molar-refractivity contribution < 1.29 is 19.4 Å². The van der Waals surface area contributed by atoms with Crippen LogP contribution in [0.4, 0.5) is 0 Å². The topological polar surface area (TPSA) is 75.6 Å².